The van der Waals surface area contributed by atoms with Crippen LogP contribution in [-0.4, -0.2) is 133 Å². The number of aldehydes is 1. The lowest BCUT2D eigenvalue weighted by Gasteiger charge is -2.37. The Kier molecular flexibility index (Phi) is 30.5. The number of rotatable bonds is 30. The van der Waals surface area contributed by atoms with Crippen molar-refractivity contribution in [1.29, 1.82) is 0 Å². The van der Waals surface area contributed by atoms with Crippen molar-refractivity contribution in [3.8, 4) is 0 Å². The molecule has 0 aliphatic carbocycles. The van der Waals surface area contributed by atoms with Gasteiger partial charge in [0.2, 0.25) is 11.8 Å². The highest BCUT2D eigenvalue weighted by molar-refractivity contribution is 6.45. The molecule has 436 valence electrons. The van der Waals surface area contributed by atoms with Crippen LogP contribution in [0.2, 0.25) is 10.0 Å². The van der Waals surface area contributed by atoms with Gasteiger partial charge in [-0.3, -0.25) is 14.6 Å². The summed E-state index contributed by atoms with van der Waals surface area (Å²) in [5.74, 6) is 6.02. The molecule has 80 heavy (non-hydrogen) atoms. The number of likely N-dealkylation sites (tertiary alicyclic amines) is 1. The zero-order chi connectivity index (χ0) is 58.1. The van der Waals surface area contributed by atoms with Gasteiger partial charge in [0.25, 0.3) is 0 Å². The minimum absolute atomic E-state index is 0.0564. The number of aliphatic hydroxyl groups is 2. The number of halogens is 2. The van der Waals surface area contributed by atoms with Crippen LogP contribution in [0, 0.1) is 0 Å². The number of allylic oxidation sites excluding steroid dienone is 2. The van der Waals surface area contributed by atoms with Crippen molar-refractivity contribution in [3.63, 3.8) is 0 Å². The second kappa shape index (κ2) is 36.8. The van der Waals surface area contributed by atoms with Crippen LogP contribution >= 0.6 is 23.2 Å². The molecule has 17 nitrogen and oxygen atoms in total. The Balaban J connectivity index is 0.000000293. The number of carbonyl (C=O) groups excluding carboxylic acids is 3. The fourth-order valence-corrected chi connectivity index (χ4v) is 9.77. The van der Waals surface area contributed by atoms with Gasteiger partial charge >= 0.3 is 0 Å². The number of piperidine rings is 1. The molecule has 6 rings (SSSR count). The van der Waals surface area contributed by atoms with E-state index in [0.717, 1.165) is 111 Å². The lowest BCUT2D eigenvalue weighted by Crippen LogP contribution is -2.43. The SMILES string of the molecule is C=CN=CN/C(CCC1(O)CCN(C)CC1)=C(\c1ccc(CNCCCNC=C)cc1)N(C)N.CCCCCCCC(=O)NCCN=C/C=C(\N)c1cc(Cl)c(Cl)c2[nH]c3c(c12)CN(C(=O)CO)CC3.O=CCCc1ccccc1. The molecule has 2 aliphatic heterocycles. The number of nitrogens with one attached hydrogen (secondary N) is 5. The predicted octanol–water partition coefficient (Wildman–Crippen LogP) is 8.39. The normalized spacial score (nSPS) is 14.6. The molecule has 2 aliphatic rings. The van der Waals surface area contributed by atoms with E-state index in [0.29, 0.717) is 85.1 Å². The number of amides is 2. The van der Waals surface area contributed by atoms with E-state index >= 15 is 0 Å². The van der Waals surface area contributed by atoms with Crippen LogP contribution in [0.4, 0.5) is 0 Å². The number of hydrogen-bond donors (Lipinski definition) is 9. The summed E-state index contributed by atoms with van der Waals surface area (Å²) in [5.41, 5.74) is 14.7. The Morgan fingerprint density at radius 3 is 2.38 bits per heavy atom. The minimum atomic E-state index is -0.663. The van der Waals surface area contributed by atoms with Crippen molar-refractivity contribution in [1.82, 2.24) is 41.1 Å². The Bertz CT molecular complexity index is 2660. The molecule has 0 bridgehead atoms. The Morgan fingerprint density at radius 2 is 1.70 bits per heavy atom. The van der Waals surface area contributed by atoms with Gasteiger partial charge in [-0.25, -0.2) is 10.8 Å². The van der Waals surface area contributed by atoms with E-state index in [1.165, 1.54) is 36.6 Å². The van der Waals surface area contributed by atoms with E-state index in [1.54, 1.807) is 40.8 Å². The van der Waals surface area contributed by atoms with E-state index in [9.17, 15) is 24.6 Å². The average molecular weight is 1140 g/mol. The van der Waals surface area contributed by atoms with E-state index in [-0.39, 0.29) is 11.8 Å². The molecule has 19 heteroatoms. The molecule has 0 saturated carbocycles. The number of hydrazine groups is 1. The smallest absolute Gasteiger partial charge is 0.248 e. The van der Waals surface area contributed by atoms with Gasteiger partial charge in [0.1, 0.15) is 12.9 Å². The number of aromatic amines is 1. The van der Waals surface area contributed by atoms with Crippen molar-refractivity contribution >= 4 is 76.2 Å². The van der Waals surface area contributed by atoms with Crippen molar-refractivity contribution in [2.75, 3.05) is 66.5 Å². The van der Waals surface area contributed by atoms with Crippen LogP contribution in [0.15, 0.2) is 108 Å². The maximum atomic E-state index is 12.1. The zero-order valence-electron chi connectivity index (χ0n) is 47.4. The topological polar surface area (TPSA) is 242 Å². The number of H-pyrrole nitrogens is 1. The Hall–Kier alpha value is -6.31. The summed E-state index contributed by atoms with van der Waals surface area (Å²) in [5, 5.41) is 36.3. The monoisotopic (exact) mass is 1140 g/mol. The Morgan fingerprint density at radius 1 is 0.963 bits per heavy atom. The highest BCUT2D eigenvalue weighted by Crippen LogP contribution is 2.40. The Labute approximate surface area is 484 Å². The average Bonchev–Trinajstić information content (AvgIpc) is 3.89. The predicted molar refractivity (Wildman–Crippen MR) is 330 cm³/mol. The number of aromatic nitrogens is 1. The van der Waals surface area contributed by atoms with Gasteiger partial charge in [-0.2, -0.15) is 0 Å². The maximum Gasteiger partial charge on any atom is 0.248 e. The quantitative estimate of drug-likeness (QED) is 0.00597. The van der Waals surface area contributed by atoms with Gasteiger partial charge < -0.3 is 61.8 Å². The summed E-state index contributed by atoms with van der Waals surface area (Å²) in [6.07, 6.45) is 21.2. The van der Waals surface area contributed by atoms with E-state index in [4.69, 9.17) is 34.8 Å². The van der Waals surface area contributed by atoms with E-state index in [2.05, 4.69) is 92.5 Å². The van der Waals surface area contributed by atoms with Crippen molar-refractivity contribution in [2.24, 2.45) is 21.6 Å². The van der Waals surface area contributed by atoms with Gasteiger partial charge in [0.15, 0.2) is 0 Å². The summed E-state index contributed by atoms with van der Waals surface area (Å²) in [7, 11) is 3.93. The van der Waals surface area contributed by atoms with Crippen LogP contribution in [0.1, 0.15) is 117 Å². The molecule has 3 aromatic carbocycles. The first-order valence-corrected chi connectivity index (χ1v) is 28.7. The lowest BCUT2D eigenvalue weighted by atomic mass is 9.86. The second-order valence-electron chi connectivity index (χ2n) is 20.1. The number of nitrogens with two attached hydrogens (primary N) is 2. The van der Waals surface area contributed by atoms with Crippen LogP contribution < -0.4 is 32.8 Å². The molecule has 0 unspecified atom stereocenters. The van der Waals surface area contributed by atoms with Crippen molar-refractivity contribution in [2.45, 2.75) is 116 Å². The standard InChI is InChI=1S/C26H35Cl2N5O3.C26H43N7O.C9H10O/c1-2-3-4-5-6-7-22(35)31-12-11-30-10-8-20(29)17-14-19(27)25(28)26-24(17)18-15-33(23(36)16-34)13-9-21(18)32-26;1-5-28-16-7-17-30-20-22-8-10-23(11-9-22)25(33(4)27)24(31-21-29-6-2)12-13-26(34)14-18-32(3)19-15-26;10-8-4-7-9-5-2-1-3-6-9/h8,10,14,32,34H,2-7,9,11-13,15-16,29H2,1H3,(H,31,35);5-6,8-11,21,28,30,34H,1-2,7,12-20,27H2,3-4H3,(H,29,31);1-3,5-6,8H,4,7H2/b20-8-,30-10?;25-24+;. The summed E-state index contributed by atoms with van der Waals surface area (Å²) < 4.78 is 0. The number of unbranched alkanes of at least 4 members (excludes halogenated alkanes) is 4. The molecule has 11 N–H and O–H groups in total. The minimum Gasteiger partial charge on any atom is -0.398 e. The first-order chi connectivity index (χ1) is 38.7. The summed E-state index contributed by atoms with van der Waals surface area (Å²) in [6.45, 7) is 15.2. The van der Waals surface area contributed by atoms with Crippen LogP contribution in [0.3, 0.4) is 0 Å². The highest BCUT2D eigenvalue weighted by atomic mass is 35.5. The highest BCUT2D eigenvalue weighted by Gasteiger charge is 2.32. The molecule has 3 heterocycles. The molecule has 4 aromatic rings. The molecule has 2 amide bonds. The third-order valence-corrected chi connectivity index (χ3v) is 14.7. The molecule has 1 aromatic heterocycles. The summed E-state index contributed by atoms with van der Waals surface area (Å²) in [6, 6.07) is 20.1. The van der Waals surface area contributed by atoms with Crippen LogP contribution in [0.5, 0.6) is 0 Å². The van der Waals surface area contributed by atoms with Crippen LogP contribution in [-0.2, 0) is 40.3 Å². The molecule has 1 saturated heterocycles. The van der Waals surface area contributed by atoms with Crippen molar-refractivity contribution < 1.29 is 24.6 Å². The largest absolute Gasteiger partial charge is 0.398 e. The van der Waals surface area contributed by atoms with Crippen molar-refractivity contribution in [3.05, 3.63) is 142 Å². The van der Waals surface area contributed by atoms with Gasteiger partial charge in [-0.15, -0.1) is 0 Å². The van der Waals surface area contributed by atoms with Crippen LogP contribution in [0.25, 0.3) is 22.3 Å². The number of aryl methyl sites for hydroxylation is 1. The molecule has 0 radical (unpaired) electrons. The fraction of sp³-hybridized carbons (Fsp3) is 0.459. The third kappa shape index (κ3) is 22.7. The van der Waals surface area contributed by atoms with E-state index < -0.39 is 12.2 Å². The van der Waals surface area contributed by atoms with Gasteiger partial charge in [0.05, 0.1) is 39.7 Å². The first kappa shape index (κ1) is 66.2. The number of nitrogens with zero attached hydrogens (tertiary/aromatic N) is 5. The van der Waals surface area contributed by atoms with E-state index in [1.807, 2.05) is 37.4 Å². The second-order valence-corrected chi connectivity index (χ2v) is 20.9. The number of carbonyl (C=O) groups is 3. The molecular formula is C61H88Cl2N12O5. The molecule has 0 spiro atoms. The summed E-state index contributed by atoms with van der Waals surface area (Å²) in [4.78, 5) is 49.6. The molecular weight excluding hydrogens is 1050 g/mol. The van der Waals surface area contributed by atoms with Gasteiger partial charge in [0, 0.05) is 124 Å². The number of aliphatic hydroxyl groups excluding tert-OH is 1. The molecule has 0 atom stereocenters. The number of fused-ring (bicyclic) bond motifs is 3. The third-order valence-electron chi connectivity index (χ3n) is 14.0. The number of aliphatic imine (C=N–C) groups is 2. The van der Waals surface area contributed by atoms with Gasteiger partial charge in [-0.1, -0.05) is 124 Å². The number of benzene rings is 3. The molecule has 1 fully saturated rings. The zero-order valence-corrected chi connectivity index (χ0v) is 48.9. The first-order valence-electron chi connectivity index (χ1n) is 27.9. The summed E-state index contributed by atoms with van der Waals surface area (Å²) >= 11 is 12.9. The fourth-order valence-electron chi connectivity index (χ4n) is 9.37. The maximum absolute atomic E-state index is 12.1. The lowest BCUT2D eigenvalue weighted by molar-refractivity contribution is -0.135. The number of hydrogen-bond acceptors (Lipinski definition) is 13. The van der Waals surface area contributed by atoms with Gasteiger partial charge in [-0.05, 0) is 88.0 Å².